The molecule has 0 saturated heterocycles. The Hall–Kier alpha value is -2.82. The van der Waals surface area contributed by atoms with Crippen LogP contribution in [0.15, 0.2) is 54.9 Å². The van der Waals surface area contributed by atoms with Crippen molar-refractivity contribution in [2.45, 2.75) is 38.4 Å². The molecule has 0 radical (unpaired) electrons. The molecule has 134 valence electrons. The summed E-state index contributed by atoms with van der Waals surface area (Å²) in [5.41, 5.74) is 1.17. The maximum atomic E-state index is 12.9. The summed E-state index contributed by atoms with van der Waals surface area (Å²) in [6.45, 7) is 2.55. The molecule has 0 unspecified atom stereocenters. The van der Waals surface area contributed by atoms with Crippen LogP contribution in [0.2, 0.25) is 0 Å². The molecule has 1 aromatic heterocycles. The van der Waals surface area contributed by atoms with E-state index in [-0.39, 0.29) is 12.1 Å². The quantitative estimate of drug-likeness (QED) is 0.757. The largest absolute Gasteiger partial charge is 0.337 e. The van der Waals surface area contributed by atoms with Crippen molar-refractivity contribution >= 4 is 16.8 Å². The van der Waals surface area contributed by atoms with Gasteiger partial charge in [0.15, 0.2) is 0 Å². The molecule has 0 spiro atoms. The van der Waals surface area contributed by atoms with E-state index in [1.165, 1.54) is 16.3 Å². The van der Waals surface area contributed by atoms with Gasteiger partial charge in [-0.25, -0.2) is 9.78 Å². The van der Waals surface area contributed by atoms with Crippen LogP contribution in [0.5, 0.6) is 0 Å². The number of nitrogens with one attached hydrogen (secondary N) is 1. The van der Waals surface area contributed by atoms with Crippen LogP contribution < -0.4 is 5.32 Å². The van der Waals surface area contributed by atoms with Crippen molar-refractivity contribution in [3.63, 3.8) is 0 Å². The number of aromatic nitrogens is 2. The van der Waals surface area contributed by atoms with Crippen LogP contribution in [-0.4, -0.2) is 26.5 Å². The van der Waals surface area contributed by atoms with Crippen LogP contribution in [0.1, 0.15) is 37.2 Å². The van der Waals surface area contributed by atoms with Crippen molar-refractivity contribution in [1.82, 2.24) is 19.8 Å². The fourth-order valence-electron chi connectivity index (χ4n) is 3.45. The van der Waals surface area contributed by atoms with E-state index < -0.39 is 0 Å². The summed E-state index contributed by atoms with van der Waals surface area (Å²) < 4.78 is 1.93. The molecule has 26 heavy (non-hydrogen) atoms. The van der Waals surface area contributed by atoms with Crippen LogP contribution in [0, 0.1) is 0 Å². The second-order valence-corrected chi connectivity index (χ2v) is 7.03. The summed E-state index contributed by atoms with van der Waals surface area (Å²) in [6.07, 6.45) is 5.79. The summed E-state index contributed by atoms with van der Waals surface area (Å²) in [6, 6.07) is 15.1. The van der Waals surface area contributed by atoms with Crippen LogP contribution in [0.3, 0.4) is 0 Å². The highest BCUT2D eigenvalue weighted by molar-refractivity contribution is 5.83. The minimum Gasteiger partial charge on any atom is -0.337 e. The van der Waals surface area contributed by atoms with Crippen molar-refractivity contribution in [2.24, 2.45) is 7.05 Å². The van der Waals surface area contributed by atoms with E-state index in [9.17, 15) is 4.79 Å². The van der Waals surface area contributed by atoms with Gasteiger partial charge in [-0.15, -0.1) is 0 Å². The molecule has 1 atom stereocenters. The first-order chi connectivity index (χ1) is 12.6. The molecule has 1 heterocycles. The van der Waals surface area contributed by atoms with Gasteiger partial charge in [0.1, 0.15) is 5.82 Å². The van der Waals surface area contributed by atoms with Crippen molar-refractivity contribution in [3.8, 4) is 0 Å². The third-order valence-electron chi connectivity index (χ3n) is 5.17. The second kappa shape index (κ2) is 6.83. The number of aryl methyl sites for hydroxylation is 1. The number of rotatable bonds is 5. The second-order valence-electron chi connectivity index (χ2n) is 7.03. The summed E-state index contributed by atoms with van der Waals surface area (Å²) in [4.78, 5) is 19.2. The zero-order valence-corrected chi connectivity index (χ0v) is 15.2. The highest BCUT2D eigenvalue weighted by atomic mass is 16.2. The molecule has 1 aliphatic carbocycles. The Kier molecular flexibility index (Phi) is 4.37. The predicted molar refractivity (Wildman–Crippen MR) is 103 cm³/mol. The lowest BCUT2D eigenvalue weighted by atomic mass is 10.0. The molecule has 1 fully saturated rings. The Balaban J connectivity index is 1.53. The molecule has 4 rings (SSSR count). The molecule has 1 saturated carbocycles. The molecule has 5 nitrogen and oxygen atoms in total. The van der Waals surface area contributed by atoms with E-state index >= 15 is 0 Å². The van der Waals surface area contributed by atoms with Crippen LogP contribution in [0.25, 0.3) is 10.8 Å². The maximum Gasteiger partial charge on any atom is 0.318 e. The lowest BCUT2D eigenvalue weighted by molar-refractivity contribution is 0.174. The van der Waals surface area contributed by atoms with Crippen molar-refractivity contribution in [3.05, 3.63) is 66.2 Å². The lowest BCUT2D eigenvalue weighted by Gasteiger charge is -2.30. The number of amides is 2. The predicted octanol–water partition coefficient (Wildman–Crippen LogP) is 4.01. The summed E-state index contributed by atoms with van der Waals surface area (Å²) in [5, 5.41) is 5.47. The van der Waals surface area contributed by atoms with Gasteiger partial charge in [-0.05, 0) is 42.2 Å². The van der Waals surface area contributed by atoms with E-state index in [1.807, 2.05) is 28.8 Å². The average molecular weight is 348 g/mol. The van der Waals surface area contributed by atoms with Gasteiger partial charge in [0.05, 0.1) is 12.6 Å². The minimum atomic E-state index is -0.0174. The number of urea groups is 1. The number of fused-ring (bicyclic) bond motifs is 1. The molecule has 1 N–H and O–H groups in total. The Morgan fingerprint density at radius 2 is 2.04 bits per heavy atom. The molecule has 3 aromatic rings. The number of nitrogens with zero attached hydrogens (tertiary/aromatic N) is 3. The first-order valence-electron chi connectivity index (χ1n) is 9.14. The summed E-state index contributed by atoms with van der Waals surface area (Å²) in [7, 11) is 1.94. The number of carbonyl (C=O) groups excluding carboxylic acids is 1. The summed E-state index contributed by atoms with van der Waals surface area (Å²) in [5.74, 6) is 0.854. The number of hydrogen-bond donors (Lipinski definition) is 1. The van der Waals surface area contributed by atoms with Crippen molar-refractivity contribution < 1.29 is 4.79 Å². The molecule has 0 aliphatic heterocycles. The topological polar surface area (TPSA) is 50.2 Å². The molecular formula is C21H24N4O. The van der Waals surface area contributed by atoms with Crippen LogP contribution >= 0.6 is 0 Å². The fraction of sp³-hybridized carbons (Fsp3) is 0.333. The Morgan fingerprint density at radius 3 is 2.73 bits per heavy atom. The fourth-order valence-corrected chi connectivity index (χ4v) is 3.45. The van der Waals surface area contributed by atoms with E-state index in [0.717, 1.165) is 18.7 Å². The Labute approximate surface area is 153 Å². The molecule has 2 aromatic carbocycles. The highest BCUT2D eigenvalue weighted by Crippen LogP contribution is 2.35. The van der Waals surface area contributed by atoms with Crippen LogP contribution in [-0.2, 0) is 13.6 Å². The molecular weight excluding hydrogens is 324 g/mol. The van der Waals surface area contributed by atoms with Gasteiger partial charge in [-0.3, -0.25) is 0 Å². The number of imidazole rings is 1. The zero-order valence-electron chi connectivity index (χ0n) is 15.2. The van der Waals surface area contributed by atoms with Gasteiger partial charge in [0.25, 0.3) is 0 Å². The molecule has 1 aliphatic rings. The molecule has 5 heteroatoms. The summed E-state index contributed by atoms with van der Waals surface area (Å²) >= 11 is 0. The highest BCUT2D eigenvalue weighted by Gasteiger charge is 2.36. The maximum absolute atomic E-state index is 12.9. The average Bonchev–Trinajstić information content (AvgIpc) is 3.40. The van der Waals surface area contributed by atoms with Crippen LogP contribution in [0.4, 0.5) is 4.79 Å². The van der Waals surface area contributed by atoms with E-state index in [4.69, 9.17) is 0 Å². The third kappa shape index (κ3) is 3.29. The van der Waals surface area contributed by atoms with Crippen molar-refractivity contribution in [2.75, 3.05) is 0 Å². The van der Waals surface area contributed by atoms with Gasteiger partial charge in [0, 0.05) is 25.5 Å². The van der Waals surface area contributed by atoms with Gasteiger partial charge in [0.2, 0.25) is 0 Å². The minimum absolute atomic E-state index is 0.0174. The standard InChI is InChI=1S/C21H24N4O/c1-15(17-8-7-16-5-3-4-6-18(16)13-17)25(19-9-10-19)21(26)23-14-20-22-11-12-24(20)2/h3-8,11-13,15,19H,9-10,14H2,1-2H3,(H,23,26)/t15-/m0/s1. The molecule has 2 amide bonds. The zero-order chi connectivity index (χ0) is 18.1. The first-order valence-corrected chi connectivity index (χ1v) is 9.14. The lowest BCUT2D eigenvalue weighted by Crippen LogP contribution is -2.42. The van der Waals surface area contributed by atoms with Gasteiger partial charge >= 0.3 is 6.03 Å². The monoisotopic (exact) mass is 348 g/mol. The third-order valence-corrected chi connectivity index (χ3v) is 5.17. The molecule has 0 bridgehead atoms. The SMILES string of the molecule is C[C@@H](c1ccc2ccccc2c1)N(C(=O)NCc1nccn1C)C1CC1. The van der Waals surface area contributed by atoms with E-state index in [2.05, 4.69) is 53.6 Å². The number of benzene rings is 2. The van der Waals surface area contributed by atoms with E-state index in [0.29, 0.717) is 12.6 Å². The number of hydrogen-bond acceptors (Lipinski definition) is 2. The van der Waals surface area contributed by atoms with Gasteiger partial charge in [-0.1, -0.05) is 36.4 Å². The van der Waals surface area contributed by atoms with Crippen molar-refractivity contribution in [1.29, 1.82) is 0 Å². The van der Waals surface area contributed by atoms with E-state index in [1.54, 1.807) is 6.20 Å². The van der Waals surface area contributed by atoms with Gasteiger partial charge < -0.3 is 14.8 Å². The Bertz CT molecular complexity index is 928. The number of carbonyl (C=O) groups is 1. The van der Waals surface area contributed by atoms with Gasteiger partial charge in [-0.2, -0.15) is 0 Å². The smallest absolute Gasteiger partial charge is 0.318 e. The normalized spacial score (nSPS) is 15.0. The Morgan fingerprint density at radius 1 is 1.27 bits per heavy atom. The first kappa shape index (κ1) is 16.6.